The van der Waals surface area contributed by atoms with Crippen LogP contribution in [0.2, 0.25) is 0 Å². The lowest BCUT2D eigenvalue weighted by atomic mass is 9.91. The zero-order valence-electron chi connectivity index (χ0n) is 16.7. The number of rotatable bonds is 18. The second-order valence-electron chi connectivity index (χ2n) is 7.95. The Kier molecular flexibility index (Phi) is 16.8. The summed E-state index contributed by atoms with van der Waals surface area (Å²) >= 11 is 0. The van der Waals surface area contributed by atoms with Crippen molar-refractivity contribution < 1.29 is 5.11 Å². The van der Waals surface area contributed by atoms with Crippen molar-refractivity contribution in [2.75, 3.05) is 0 Å². The van der Waals surface area contributed by atoms with Gasteiger partial charge < -0.3 is 5.11 Å². The van der Waals surface area contributed by atoms with Crippen molar-refractivity contribution in [1.29, 1.82) is 0 Å². The molecule has 0 radical (unpaired) electrons. The molecule has 1 unspecified atom stereocenters. The minimum atomic E-state index is -0.410. The molecule has 0 aliphatic rings. The monoisotopic (exact) mass is 326 g/mol. The van der Waals surface area contributed by atoms with Crippen molar-refractivity contribution in [3.63, 3.8) is 0 Å². The average Bonchev–Trinajstić information content (AvgIpc) is 2.52. The third-order valence-electron chi connectivity index (χ3n) is 5.14. The Morgan fingerprint density at radius 3 is 1.09 bits per heavy atom. The second-order valence-corrected chi connectivity index (χ2v) is 7.95. The van der Waals surface area contributed by atoms with Crippen LogP contribution < -0.4 is 0 Å². The molecule has 1 N–H and O–H groups in total. The first-order valence-electron chi connectivity index (χ1n) is 10.8. The standard InChI is InChI=1S/C22H46O/c1-4-6-8-10-11-12-13-14-15-16-17-19-21-22(3,23)20-18-9-7-5-2/h23H,4-21H2,1-3H3. The molecule has 0 spiro atoms. The Bertz CT molecular complexity index is 222. The average molecular weight is 327 g/mol. The Labute approximate surface area is 147 Å². The quantitative estimate of drug-likeness (QED) is 0.255. The highest BCUT2D eigenvalue weighted by atomic mass is 16.3. The largest absolute Gasteiger partial charge is 0.390 e. The van der Waals surface area contributed by atoms with E-state index < -0.39 is 5.60 Å². The molecule has 140 valence electrons. The summed E-state index contributed by atoms with van der Waals surface area (Å²) in [5, 5.41) is 10.4. The van der Waals surface area contributed by atoms with Crippen LogP contribution in [-0.4, -0.2) is 10.7 Å². The van der Waals surface area contributed by atoms with Gasteiger partial charge in [0, 0.05) is 0 Å². The number of aliphatic hydroxyl groups is 1. The molecule has 0 aliphatic heterocycles. The molecule has 0 aliphatic carbocycles. The van der Waals surface area contributed by atoms with Crippen molar-refractivity contribution in [1.82, 2.24) is 0 Å². The normalized spacial score (nSPS) is 14.1. The summed E-state index contributed by atoms with van der Waals surface area (Å²) in [5.74, 6) is 0. The molecule has 1 atom stereocenters. The van der Waals surface area contributed by atoms with Gasteiger partial charge in [0.25, 0.3) is 0 Å². The molecule has 0 saturated heterocycles. The number of hydrogen-bond acceptors (Lipinski definition) is 1. The smallest absolute Gasteiger partial charge is 0.0619 e. The van der Waals surface area contributed by atoms with Crippen molar-refractivity contribution in [3.05, 3.63) is 0 Å². The van der Waals surface area contributed by atoms with Gasteiger partial charge >= 0.3 is 0 Å². The summed E-state index contributed by atoms with van der Waals surface area (Å²) in [6.45, 7) is 6.56. The topological polar surface area (TPSA) is 20.2 Å². The van der Waals surface area contributed by atoms with Crippen LogP contribution in [0.1, 0.15) is 136 Å². The van der Waals surface area contributed by atoms with Crippen molar-refractivity contribution in [3.8, 4) is 0 Å². The SMILES string of the molecule is CCCCCCCCCCCCCCC(C)(O)CCCCCC. The maximum Gasteiger partial charge on any atom is 0.0619 e. The van der Waals surface area contributed by atoms with Gasteiger partial charge in [-0.3, -0.25) is 0 Å². The van der Waals surface area contributed by atoms with Crippen LogP contribution in [0, 0.1) is 0 Å². The molecular formula is C22H46O. The van der Waals surface area contributed by atoms with Gasteiger partial charge in [-0.2, -0.15) is 0 Å². The van der Waals surface area contributed by atoms with Crippen LogP contribution in [0.3, 0.4) is 0 Å². The molecule has 0 fully saturated rings. The lowest BCUT2D eigenvalue weighted by molar-refractivity contribution is 0.0366. The van der Waals surface area contributed by atoms with Crippen molar-refractivity contribution >= 4 is 0 Å². The highest BCUT2D eigenvalue weighted by molar-refractivity contribution is 4.72. The molecule has 0 rings (SSSR count). The van der Waals surface area contributed by atoms with E-state index in [0.29, 0.717) is 0 Å². The van der Waals surface area contributed by atoms with Gasteiger partial charge in [-0.1, -0.05) is 117 Å². The first-order chi connectivity index (χ1) is 11.1. The fourth-order valence-electron chi connectivity index (χ4n) is 3.40. The summed E-state index contributed by atoms with van der Waals surface area (Å²) in [4.78, 5) is 0. The zero-order chi connectivity index (χ0) is 17.2. The fourth-order valence-corrected chi connectivity index (χ4v) is 3.40. The van der Waals surface area contributed by atoms with E-state index >= 15 is 0 Å². The highest BCUT2D eigenvalue weighted by Crippen LogP contribution is 2.22. The van der Waals surface area contributed by atoms with Gasteiger partial charge in [0.15, 0.2) is 0 Å². The third-order valence-corrected chi connectivity index (χ3v) is 5.14. The van der Waals surface area contributed by atoms with Crippen molar-refractivity contribution in [2.45, 2.75) is 142 Å². The van der Waals surface area contributed by atoms with E-state index in [9.17, 15) is 5.11 Å². The summed E-state index contributed by atoms with van der Waals surface area (Å²) in [5.41, 5.74) is -0.410. The molecule has 1 nitrogen and oxygen atoms in total. The van der Waals surface area contributed by atoms with Crippen molar-refractivity contribution in [2.24, 2.45) is 0 Å². The Hall–Kier alpha value is -0.0400. The third kappa shape index (κ3) is 18.1. The molecule has 0 heterocycles. The lowest BCUT2D eigenvalue weighted by Gasteiger charge is -2.23. The van der Waals surface area contributed by atoms with E-state index in [-0.39, 0.29) is 0 Å². The molecule has 0 aromatic heterocycles. The Balaban J connectivity index is 3.25. The van der Waals surface area contributed by atoms with E-state index in [4.69, 9.17) is 0 Å². The minimum absolute atomic E-state index is 0.410. The second kappa shape index (κ2) is 16.8. The zero-order valence-corrected chi connectivity index (χ0v) is 16.7. The summed E-state index contributed by atoms with van der Waals surface area (Å²) in [6, 6.07) is 0. The number of unbranched alkanes of at least 4 members (excludes halogenated alkanes) is 14. The van der Waals surface area contributed by atoms with Crippen LogP contribution >= 0.6 is 0 Å². The van der Waals surface area contributed by atoms with Gasteiger partial charge in [0.1, 0.15) is 0 Å². The van der Waals surface area contributed by atoms with E-state index in [0.717, 1.165) is 12.8 Å². The van der Waals surface area contributed by atoms with Gasteiger partial charge in [0.2, 0.25) is 0 Å². The molecule has 0 aromatic rings. The molecular weight excluding hydrogens is 280 g/mol. The van der Waals surface area contributed by atoms with Gasteiger partial charge in [-0.05, 0) is 19.8 Å². The highest BCUT2D eigenvalue weighted by Gasteiger charge is 2.18. The van der Waals surface area contributed by atoms with E-state index in [1.807, 2.05) is 6.92 Å². The molecule has 0 bridgehead atoms. The Morgan fingerprint density at radius 2 is 0.739 bits per heavy atom. The van der Waals surface area contributed by atoms with Crippen LogP contribution in [0.5, 0.6) is 0 Å². The predicted molar refractivity (Wildman–Crippen MR) is 105 cm³/mol. The maximum atomic E-state index is 10.4. The fraction of sp³-hybridized carbons (Fsp3) is 1.00. The number of hydrogen-bond donors (Lipinski definition) is 1. The van der Waals surface area contributed by atoms with Crippen LogP contribution in [0.25, 0.3) is 0 Å². The van der Waals surface area contributed by atoms with E-state index in [1.165, 1.54) is 103 Å². The molecule has 1 heteroatoms. The molecule has 0 amide bonds. The van der Waals surface area contributed by atoms with Crippen LogP contribution in [0.4, 0.5) is 0 Å². The van der Waals surface area contributed by atoms with Gasteiger partial charge in [-0.25, -0.2) is 0 Å². The molecule has 0 aromatic carbocycles. The Morgan fingerprint density at radius 1 is 0.478 bits per heavy atom. The first kappa shape index (κ1) is 23.0. The minimum Gasteiger partial charge on any atom is -0.390 e. The molecule has 23 heavy (non-hydrogen) atoms. The van der Waals surface area contributed by atoms with E-state index in [2.05, 4.69) is 13.8 Å². The first-order valence-corrected chi connectivity index (χ1v) is 10.8. The summed E-state index contributed by atoms with van der Waals surface area (Å²) < 4.78 is 0. The van der Waals surface area contributed by atoms with Gasteiger partial charge in [-0.15, -0.1) is 0 Å². The summed E-state index contributed by atoms with van der Waals surface area (Å²) in [6.07, 6.45) is 23.7. The van der Waals surface area contributed by atoms with E-state index in [1.54, 1.807) is 0 Å². The predicted octanol–water partition coefficient (Wildman–Crippen LogP) is 7.80. The van der Waals surface area contributed by atoms with Crippen LogP contribution in [-0.2, 0) is 0 Å². The summed E-state index contributed by atoms with van der Waals surface area (Å²) in [7, 11) is 0. The lowest BCUT2D eigenvalue weighted by Crippen LogP contribution is -2.23. The maximum absolute atomic E-state index is 10.4. The van der Waals surface area contributed by atoms with Gasteiger partial charge in [0.05, 0.1) is 5.60 Å². The molecule has 0 saturated carbocycles. The van der Waals surface area contributed by atoms with Crippen LogP contribution in [0.15, 0.2) is 0 Å².